The van der Waals surface area contributed by atoms with Crippen LogP contribution in [0.15, 0.2) is 4.52 Å². The molecule has 1 aliphatic rings. The van der Waals surface area contributed by atoms with Gasteiger partial charge >= 0.3 is 0 Å². The zero-order chi connectivity index (χ0) is 13.0. The average Bonchev–Trinajstić information content (AvgIpc) is 2.87. The Morgan fingerprint density at radius 3 is 2.94 bits per heavy atom. The molecule has 0 aliphatic heterocycles. The van der Waals surface area contributed by atoms with Crippen LogP contribution in [0.4, 0.5) is 0 Å². The van der Waals surface area contributed by atoms with Crippen LogP contribution in [0.2, 0.25) is 0 Å². The second-order valence-electron chi connectivity index (χ2n) is 5.25. The molecule has 1 aromatic heterocycles. The van der Waals surface area contributed by atoms with E-state index in [1.165, 1.54) is 19.3 Å². The summed E-state index contributed by atoms with van der Waals surface area (Å²) in [6.45, 7) is 4.10. The Morgan fingerprint density at radius 1 is 1.39 bits per heavy atom. The van der Waals surface area contributed by atoms with Crippen LogP contribution in [0, 0.1) is 5.92 Å². The van der Waals surface area contributed by atoms with E-state index >= 15 is 0 Å². The van der Waals surface area contributed by atoms with Crippen LogP contribution in [0.1, 0.15) is 70.0 Å². The molecule has 0 spiro atoms. The van der Waals surface area contributed by atoms with Gasteiger partial charge in [-0.2, -0.15) is 4.98 Å². The van der Waals surface area contributed by atoms with E-state index in [0.717, 1.165) is 24.6 Å². The molecule has 0 N–H and O–H groups in total. The van der Waals surface area contributed by atoms with Crippen molar-refractivity contribution in [3.63, 3.8) is 0 Å². The van der Waals surface area contributed by atoms with Gasteiger partial charge in [0.05, 0.1) is 6.42 Å². The Balaban J connectivity index is 1.98. The van der Waals surface area contributed by atoms with Crippen LogP contribution >= 0.6 is 0 Å². The molecule has 2 rings (SSSR count). The van der Waals surface area contributed by atoms with Gasteiger partial charge in [0.15, 0.2) is 5.82 Å². The van der Waals surface area contributed by atoms with Crippen molar-refractivity contribution >= 4 is 5.78 Å². The quantitative estimate of drug-likeness (QED) is 0.804. The van der Waals surface area contributed by atoms with Crippen LogP contribution in [0.3, 0.4) is 0 Å². The minimum Gasteiger partial charge on any atom is -0.339 e. The Kier molecular flexibility index (Phi) is 4.50. The fraction of sp³-hybridized carbons (Fsp3) is 0.786. The number of carbonyl (C=O) groups excluding carboxylic acids is 1. The van der Waals surface area contributed by atoms with E-state index in [-0.39, 0.29) is 12.2 Å². The highest BCUT2D eigenvalue weighted by molar-refractivity contribution is 5.79. The molecule has 0 saturated heterocycles. The molecule has 1 aliphatic carbocycles. The molecule has 0 radical (unpaired) electrons. The van der Waals surface area contributed by atoms with Crippen molar-refractivity contribution in [2.24, 2.45) is 5.92 Å². The molecular weight excluding hydrogens is 228 g/mol. The molecule has 0 amide bonds. The van der Waals surface area contributed by atoms with Gasteiger partial charge in [-0.1, -0.05) is 38.3 Å². The zero-order valence-corrected chi connectivity index (χ0v) is 11.3. The maximum Gasteiger partial charge on any atom is 0.234 e. The molecule has 100 valence electrons. The number of hydrogen-bond donors (Lipinski definition) is 0. The second-order valence-corrected chi connectivity index (χ2v) is 5.25. The Labute approximate surface area is 108 Å². The number of nitrogens with zero attached hydrogens (tertiary/aromatic N) is 2. The Hall–Kier alpha value is -1.19. The van der Waals surface area contributed by atoms with Crippen molar-refractivity contribution in [2.45, 2.75) is 64.7 Å². The van der Waals surface area contributed by atoms with E-state index in [0.29, 0.717) is 18.2 Å². The molecule has 0 bridgehead atoms. The van der Waals surface area contributed by atoms with Gasteiger partial charge in [-0.25, -0.2) is 0 Å². The summed E-state index contributed by atoms with van der Waals surface area (Å²) in [5, 5.41) is 4.06. The topological polar surface area (TPSA) is 56.0 Å². The molecule has 4 heteroatoms. The van der Waals surface area contributed by atoms with Crippen molar-refractivity contribution in [1.29, 1.82) is 0 Å². The van der Waals surface area contributed by atoms with Crippen LogP contribution in [-0.4, -0.2) is 15.9 Å². The van der Waals surface area contributed by atoms with E-state index in [9.17, 15) is 4.79 Å². The van der Waals surface area contributed by atoms with Gasteiger partial charge in [0.25, 0.3) is 0 Å². The van der Waals surface area contributed by atoms with Crippen molar-refractivity contribution in [1.82, 2.24) is 10.1 Å². The van der Waals surface area contributed by atoms with E-state index < -0.39 is 0 Å². The normalized spacial score (nSPS) is 24.1. The second kappa shape index (κ2) is 6.12. The van der Waals surface area contributed by atoms with Crippen molar-refractivity contribution in [3.8, 4) is 0 Å². The first-order valence-electron chi connectivity index (χ1n) is 7.07. The summed E-state index contributed by atoms with van der Waals surface area (Å²) in [6.07, 6.45) is 6.93. The number of Topliss-reactive ketones (excluding diaryl/α,β-unsaturated/α-hetero) is 1. The maximum absolute atomic E-state index is 11.3. The first kappa shape index (κ1) is 13.2. The molecule has 0 aromatic carbocycles. The summed E-state index contributed by atoms with van der Waals surface area (Å²) in [6, 6.07) is 0. The van der Waals surface area contributed by atoms with Crippen molar-refractivity contribution in [2.75, 3.05) is 0 Å². The van der Waals surface area contributed by atoms with Crippen LogP contribution < -0.4 is 0 Å². The molecule has 1 aromatic rings. The molecular formula is C14H22N2O2. The monoisotopic (exact) mass is 250 g/mol. The largest absolute Gasteiger partial charge is 0.339 e. The molecule has 4 nitrogen and oxygen atoms in total. The standard InChI is InChI=1S/C14H22N2O2/c1-3-10-6-5-7-11(8-10)14-15-13(18-16-14)9-12(17)4-2/h10-11H,3-9H2,1-2H3. The zero-order valence-electron chi connectivity index (χ0n) is 11.3. The van der Waals surface area contributed by atoms with Gasteiger partial charge < -0.3 is 4.52 Å². The summed E-state index contributed by atoms with van der Waals surface area (Å²) in [5.41, 5.74) is 0. The highest BCUT2D eigenvalue weighted by Crippen LogP contribution is 2.36. The number of rotatable bonds is 5. The third-order valence-corrected chi connectivity index (χ3v) is 3.95. The summed E-state index contributed by atoms with van der Waals surface area (Å²) >= 11 is 0. The van der Waals surface area contributed by atoms with Crippen molar-refractivity contribution < 1.29 is 9.32 Å². The van der Waals surface area contributed by atoms with Crippen LogP contribution in [0.25, 0.3) is 0 Å². The highest BCUT2D eigenvalue weighted by atomic mass is 16.5. The van der Waals surface area contributed by atoms with Gasteiger partial charge in [-0.05, 0) is 18.8 Å². The fourth-order valence-electron chi connectivity index (χ4n) is 2.70. The maximum atomic E-state index is 11.3. The Bertz CT molecular complexity index is 400. The van der Waals surface area contributed by atoms with Gasteiger partial charge in [0.2, 0.25) is 5.89 Å². The summed E-state index contributed by atoms with van der Waals surface area (Å²) in [5.74, 6) is 2.67. The average molecular weight is 250 g/mol. The SMILES string of the molecule is CCC(=O)Cc1nc(C2CCCC(CC)C2)no1. The summed E-state index contributed by atoms with van der Waals surface area (Å²) < 4.78 is 5.18. The van der Waals surface area contributed by atoms with E-state index in [1.807, 2.05) is 6.92 Å². The summed E-state index contributed by atoms with van der Waals surface area (Å²) in [7, 11) is 0. The van der Waals surface area contributed by atoms with E-state index in [2.05, 4.69) is 17.1 Å². The molecule has 1 heterocycles. The van der Waals surface area contributed by atoms with Gasteiger partial charge in [-0.3, -0.25) is 4.79 Å². The summed E-state index contributed by atoms with van der Waals surface area (Å²) in [4.78, 5) is 15.7. The lowest BCUT2D eigenvalue weighted by Gasteiger charge is -2.26. The van der Waals surface area contributed by atoms with Gasteiger partial charge in [-0.15, -0.1) is 0 Å². The van der Waals surface area contributed by atoms with Crippen molar-refractivity contribution in [3.05, 3.63) is 11.7 Å². The highest BCUT2D eigenvalue weighted by Gasteiger charge is 2.26. The number of aromatic nitrogens is 2. The molecule has 18 heavy (non-hydrogen) atoms. The lowest BCUT2D eigenvalue weighted by atomic mass is 9.80. The van der Waals surface area contributed by atoms with Gasteiger partial charge in [0, 0.05) is 12.3 Å². The van der Waals surface area contributed by atoms with E-state index in [4.69, 9.17) is 4.52 Å². The molecule has 2 unspecified atom stereocenters. The first-order valence-corrected chi connectivity index (χ1v) is 7.07. The molecule has 1 saturated carbocycles. The molecule has 1 fully saturated rings. The number of hydrogen-bond acceptors (Lipinski definition) is 4. The van der Waals surface area contributed by atoms with Crippen LogP contribution in [0.5, 0.6) is 0 Å². The smallest absolute Gasteiger partial charge is 0.234 e. The lowest BCUT2D eigenvalue weighted by molar-refractivity contribution is -0.118. The number of carbonyl (C=O) groups is 1. The Morgan fingerprint density at radius 2 is 2.22 bits per heavy atom. The predicted octanol–water partition coefficient (Wildman–Crippen LogP) is 3.28. The van der Waals surface area contributed by atoms with E-state index in [1.54, 1.807) is 0 Å². The predicted molar refractivity (Wildman–Crippen MR) is 68.3 cm³/mol. The minimum atomic E-state index is 0.153. The fourth-order valence-corrected chi connectivity index (χ4v) is 2.70. The number of ketones is 1. The lowest BCUT2D eigenvalue weighted by Crippen LogP contribution is -2.14. The first-order chi connectivity index (χ1) is 8.72. The van der Waals surface area contributed by atoms with Gasteiger partial charge in [0.1, 0.15) is 5.78 Å². The third kappa shape index (κ3) is 3.18. The molecule has 2 atom stereocenters. The van der Waals surface area contributed by atoms with Crippen LogP contribution in [-0.2, 0) is 11.2 Å². The minimum absolute atomic E-state index is 0.153. The third-order valence-electron chi connectivity index (χ3n) is 3.95.